The Bertz CT molecular complexity index is 375. The Morgan fingerprint density at radius 3 is 2.19 bits per heavy atom. The molecular weight excluding hydrogens is 215 g/mol. The van der Waals surface area contributed by atoms with E-state index in [0.717, 1.165) is 6.07 Å². The van der Waals surface area contributed by atoms with Gasteiger partial charge in [0.25, 0.3) is 0 Å². The predicted octanol–water partition coefficient (Wildman–Crippen LogP) is 4.17. The first-order valence-corrected chi connectivity index (χ1v) is 5.09. The fraction of sp³-hybridized carbons (Fsp3) is 0.417. The van der Waals surface area contributed by atoms with Gasteiger partial charge in [-0.1, -0.05) is 26.8 Å². The Morgan fingerprint density at radius 2 is 1.81 bits per heavy atom. The summed E-state index contributed by atoms with van der Waals surface area (Å²) in [5.41, 5.74) is -0.592. The molecule has 1 nitrogen and oxygen atoms in total. The van der Waals surface area contributed by atoms with Gasteiger partial charge >= 0.3 is 6.18 Å². The van der Waals surface area contributed by atoms with Crippen LogP contribution in [0.25, 0.3) is 0 Å². The molecule has 0 aliphatic heterocycles. The normalized spacial score (nSPS) is 10.1. The molecule has 0 aromatic heterocycles. The maximum Gasteiger partial charge on any atom is 0.417 e. The molecule has 0 atom stereocenters. The van der Waals surface area contributed by atoms with Crippen LogP contribution in [0.1, 0.15) is 37.5 Å². The van der Waals surface area contributed by atoms with Gasteiger partial charge in [-0.2, -0.15) is 18.4 Å². The van der Waals surface area contributed by atoms with Crippen LogP contribution in [-0.4, -0.2) is 0 Å². The lowest BCUT2D eigenvalue weighted by Gasteiger charge is -2.09. The molecule has 0 aliphatic rings. The number of halogens is 3. The fourth-order valence-corrected chi connectivity index (χ4v) is 1.14. The minimum atomic E-state index is -4.45. The molecule has 1 rings (SSSR count). The van der Waals surface area contributed by atoms with E-state index in [4.69, 9.17) is 5.26 Å². The van der Waals surface area contributed by atoms with E-state index in [9.17, 15) is 13.2 Å². The van der Waals surface area contributed by atoms with Gasteiger partial charge < -0.3 is 0 Å². The van der Waals surface area contributed by atoms with Gasteiger partial charge in [0.15, 0.2) is 0 Å². The number of alkyl halides is 3. The number of nitriles is 1. The first-order valence-electron chi connectivity index (χ1n) is 5.09. The van der Waals surface area contributed by atoms with Gasteiger partial charge in [-0.3, -0.25) is 0 Å². The summed E-state index contributed by atoms with van der Waals surface area (Å²) < 4.78 is 37.2. The summed E-state index contributed by atoms with van der Waals surface area (Å²) in [6.07, 6.45) is -3.93. The van der Waals surface area contributed by atoms with E-state index >= 15 is 0 Å². The lowest BCUT2D eigenvalue weighted by molar-refractivity contribution is -0.137. The fourth-order valence-electron chi connectivity index (χ4n) is 1.14. The molecule has 0 bridgehead atoms. The van der Waals surface area contributed by atoms with E-state index in [1.807, 2.05) is 13.8 Å². The number of nitrogens with zero attached hydrogens (tertiary/aromatic N) is 1. The second kappa shape index (κ2) is 6.16. The Labute approximate surface area is 93.5 Å². The van der Waals surface area contributed by atoms with Crippen molar-refractivity contribution in [3.8, 4) is 6.07 Å². The third kappa shape index (κ3) is 3.58. The van der Waals surface area contributed by atoms with E-state index in [2.05, 4.69) is 0 Å². The van der Waals surface area contributed by atoms with Gasteiger partial charge in [0, 0.05) is 0 Å². The zero-order valence-corrected chi connectivity index (χ0v) is 9.52. The minimum absolute atomic E-state index is 0.324. The van der Waals surface area contributed by atoms with Crippen LogP contribution in [0.15, 0.2) is 18.2 Å². The lowest BCUT2D eigenvalue weighted by atomic mass is 10.0. The van der Waals surface area contributed by atoms with Crippen molar-refractivity contribution in [3.05, 3.63) is 34.9 Å². The minimum Gasteiger partial charge on any atom is -0.192 e. The van der Waals surface area contributed by atoms with E-state index in [1.54, 1.807) is 6.92 Å². The van der Waals surface area contributed by atoms with Crippen molar-refractivity contribution >= 4 is 0 Å². The summed E-state index contributed by atoms with van der Waals surface area (Å²) in [6.45, 7) is 5.77. The molecule has 0 saturated carbocycles. The molecule has 1 aromatic rings. The van der Waals surface area contributed by atoms with Crippen molar-refractivity contribution < 1.29 is 13.2 Å². The molecule has 1 aromatic carbocycles. The van der Waals surface area contributed by atoms with Gasteiger partial charge in [-0.15, -0.1) is 0 Å². The molecule has 0 radical (unpaired) electrons. The number of hydrogen-bond donors (Lipinski definition) is 0. The zero-order chi connectivity index (χ0) is 12.8. The van der Waals surface area contributed by atoms with Crippen molar-refractivity contribution in [3.63, 3.8) is 0 Å². The summed E-state index contributed by atoms with van der Waals surface area (Å²) in [5.74, 6) is 0. The van der Waals surface area contributed by atoms with Crippen molar-refractivity contribution in [2.75, 3.05) is 0 Å². The highest BCUT2D eigenvalue weighted by Crippen LogP contribution is 2.32. The summed E-state index contributed by atoms with van der Waals surface area (Å²) >= 11 is 0. The summed E-state index contributed by atoms with van der Waals surface area (Å²) in [5, 5.41) is 8.50. The summed E-state index contributed by atoms with van der Waals surface area (Å²) in [7, 11) is 0. The molecule has 0 heterocycles. The smallest absolute Gasteiger partial charge is 0.192 e. The summed E-state index contributed by atoms with van der Waals surface area (Å²) in [6, 6.07) is 5.31. The molecule has 0 saturated heterocycles. The molecule has 0 unspecified atom stereocenters. The average molecular weight is 229 g/mol. The highest BCUT2D eigenvalue weighted by atomic mass is 19.4. The van der Waals surface area contributed by atoms with E-state index < -0.39 is 11.7 Å². The van der Waals surface area contributed by atoms with Crippen molar-refractivity contribution in [2.24, 2.45) is 0 Å². The third-order valence-electron chi connectivity index (χ3n) is 1.92. The second-order valence-electron chi connectivity index (χ2n) is 2.84. The van der Waals surface area contributed by atoms with Crippen LogP contribution in [-0.2, 0) is 12.6 Å². The number of benzene rings is 1. The van der Waals surface area contributed by atoms with Crippen LogP contribution in [0.3, 0.4) is 0 Å². The van der Waals surface area contributed by atoms with E-state index in [-0.39, 0.29) is 5.56 Å². The van der Waals surface area contributed by atoms with Gasteiger partial charge in [0.05, 0.1) is 17.2 Å². The molecule has 4 heteroatoms. The molecule has 16 heavy (non-hydrogen) atoms. The Kier molecular flexibility index (Phi) is 5.59. The topological polar surface area (TPSA) is 23.8 Å². The van der Waals surface area contributed by atoms with Crippen LogP contribution in [0.5, 0.6) is 0 Å². The first kappa shape index (κ1) is 14.5. The Morgan fingerprint density at radius 1 is 1.25 bits per heavy atom. The Hall–Kier alpha value is -1.50. The van der Waals surface area contributed by atoms with Crippen LogP contribution >= 0.6 is 0 Å². The molecule has 0 spiro atoms. The zero-order valence-electron chi connectivity index (χ0n) is 9.52. The molecule has 0 N–H and O–H groups in total. The number of hydrogen-bond acceptors (Lipinski definition) is 1. The second-order valence-corrected chi connectivity index (χ2v) is 2.84. The predicted molar refractivity (Wildman–Crippen MR) is 56.9 cm³/mol. The third-order valence-corrected chi connectivity index (χ3v) is 1.92. The van der Waals surface area contributed by atoms with Crippen LogP contribution in [0.2, 0.25) is 0 Å². The largest absolute Gasteiger partial charge is 0.417 e. The highest BCUT2D eigenvalue weighted by Gasteiger charge is 2.33. The van der Waals surface area contributed by atoms with Gasteiger partial charge in [-0.25, -0.2) is 0 Å². The Balaban J connectivity index is 0.00000106. The van der Waals surface area contributed by atoms with Crippen molar-refractivity contribution in [1.82, 2.24) is 0 Å². The van der Waals surface area contributed by atoms with Gasteiger partial charge in [0.2, 0.25) is 0 Å². The van der Waals surface area contributed by atoms with Gasteiger partial charge in [-0.05, 0) is 24.1 Å². The van der Waals surface area contributed by atoms with Crippen molar-refractivity contribution in [1.29, 1.82) is 5.26 Å². The molecule has 88 valence electrons. The van der Waals surface area contributed by atoms with E-state index in [1.165, 1.54) is 18.2 Å². The van der Waals surface area contributed by atoms with Crippen LogP contribution < -0.4 is 0 Å². The van der Waals surface area contributed by atoms with Crippen molar-refractivity contribution in [2.45, 2.75) is 33.4 Å². The maximum absolute atomic E-state index is 12.4. The SMILES string of the molecule is CC.CCc1ccc(C#N)c(C(F)(F)F)c1. The number of rotatable bonds is 1. The monoisotopic (exact) mass is 229 g/mol. The molecule has 0 fully saturated rings. The quantitative estimate of drug-likeness (QED) is 0.709. The van der Waals surface area contributed by atoms with Gasteiger partial charge in [0.1, 0.15) is 0 Å². The number of aryl methyl sites for hydroxylation is 1. The first-order chi connectivity index (χ1) is 7.49. The lowest BCUT2D eigenvalue weighted by Crippen LogP contribution is -2.08. The molecular formula is C12H14F3N. The van der Waals surface area contributed by atoms with Crippen LogP contribution in [0.4, 0.5) is 13.2 Å². The summed E-state index contributed by atoms with van der Waals surface area (Å²) in [4.78, 5) is 0. The van der Waals surface area contributed by atoms with Crippen LogP contribution in [0, 0.1) is 11.3 Å². The average Bonchev–Trinajstić information content (AvgIpc) is 2.29. The maximum atomic E-state index is 12.4. The standard InChI is InChI=1S/C10H8F3N.C2H6/c1-2-7-3-4-8(6-14)9(5-7)10(11,12)13;1-2/h3-5H,2H2,1H3;1-2H3. The molecule has 0 amide bonds. The molecule has 0 aliphatic carbocycles. The van der Waals surface area contributed by atoms with E-state index in [0.29, 0.717) is 12.0 Å². The highest BCUT2D eigenvalue weighted by molar-refractivity contribution is 5.42.